The summed E-state index contributed by atoms with van der Waals surface area (Å²) in [5.41, 5.74) is 0.290. The number of amides is 1. The van der Waals surface area contributed by atoms with Crippen LogP contribution in [-0.2, 0) is 9.53 Å². The van der Waals surface area contributed by atoms with E-state index in [1.807, 2.05) is 13.0 Å². The van der Waals surface area contributed by atoms with Crippen molar-refractivity contribution in [3.05, 3.63) is 29.6 Å². The lowest BCUT2D eigenvalue weighted by atomic mass is 10.0. The molecule has 0 saturated carbocycles. The Morgan fingerprint density at radius 3 is 2.94 bits per heavy atom. The number of ether oxygens (including phenoxy) is 1. The predicted octanol–water partition coefficient (Wildman–Crippen LogP) is 2.06. The van der Waals surface area contributed by atoms with Gasteiger partial charge in [0.25, 0.3) is 5.91 Å². The van der Waals surface area contributed by atoms with Crippen LogP contribution < -0.4 is 5.32 Å². The Morgan fingerprint density at radius 2 is 2.39 bits per heavy atom. The summed E-state index contributed by atoms with van der Waals surface area (Å²) in [6.45, 7) is 2.47. The largest absolute Gasteiger partial charge is 0.368 e. The first kappa shape index (κ1) is 12.5. The Bertz CT molecular complexity index is 510. The molecule has 1 heterocycles. The molecule has 1 fully saturated rings. The third kappa shape index (κ3) is 2.49. The van der Waals surface area contributed by atoms with E-state index in [4.69, 9.17) is 10.00 Å². The average Bonchev–Trinajstić information content (AvgIpc) is 2.78. The van der Waals surface area contributed by atoms with Gasteiger partial charge in [-0.1, -0.05) is 6.92 Å². The smallest absolute Gasteiger partial charge is 0.253 e. The van der Waals surface area contributed by atoms with Crippen molar-refractivity contribution in [2.24, 2.45) is 5.92 Å². The molecule has 1 aromatic rings. The van der Waals surface area contributed by atoms with E-state index in [0.717, 1.165) is 12.5 Å². The first-order valence-corrected chi connectivity index (χ1v) is 5.74. The van der Waals surface area contributed by atoms with Crippen LogP contribution in [0.5, 0.6) is 0 Å². The van der Waals surface area contributed by atoms with Crippen molar-refractivity contribution < 1.29 is 13.9 Å². The van der Waals surface area contributed by atoms with Gasteiger partial charge in [0.2, 0.25) is 0 Å². The summed E-state index contributed by atoms with van der Waals surface area (Å²) >= 11 is 0. The summed E-state index contributed by atoms with van der Waals surface area (Å²) < 4.78 is 18.9. The number of nitriles is 1. The molecule has 5 heteroatoms. The molecule has 0 bridgehead atoms. The summed E-state index contributed by atoms with van der Waals surface area (Å²) in [5, 5.41) is 11.1. The number of carbonyl (C=O) groups excluding carboxylic acids is 1. The number of rotatable bonds is 2. The van der Waals surface area contributed by atoms with E-state index in [1.165, 1.54) is 12.1 Å². The number of nitrogens with one attached hydrogen (secondary N) is 1. The minimum absolute atomic E-state index is 0.0710. The van der Waals surface area contributed by atoms with E-state index >= 15 is 0 Å². The minimum atomic E-state index is -0.618. The second-order valence-corrected chi connectivity index (χ2v) is 4.35. The van der Waals surface area contributed by atoms with Crippen LogP contribution in [-0.4, -0.2) is 18.6 Å². The Balaban J connectivity index is 2.10. The molecule has 0 aromatic heterocycles. The second-order valence-electron chi connectivity index (χ2n) is 4.35. The predicted molar refractivity (Wildman–Crippen MR) is 63.3 cm³/mol. The second kappa shape index (κ2) is 5.15. The summed E-state index contributed by atoms with van der Waals surface area (Å²) in [5.74, 6) is -0.830. The number of hydrogen-bond donors (Lipinski definition) is 1. The van der Waals surface area contributed by atoms with Crippen molar-refractivity contribution in [1.82, 2.24) is 0 Å². The molecule has 2 unspecified atom stereocenters. The van der Waals surface area contributed by atoms with Crippen LogP contribution in [0.3, 0.4) is 0 Å². The molecule has 0 spiro atoms. The monoisotopic (exact) mass is 248 g/mol. The van der Waals surface area contributed by atoms with Gasteiger partial charge in [0.05, 0.1) is 17.3 Å². The average molecular weight is 248 g/mol. The zero-order valence-corrected chi connectivity index (χ0v) is 9.94. The van der Waals surface area contributed by atoms with Gasteiger partial charge >= 0.3 is 0 Å². The number of halogens is 1. The Kier molecular flexibility index (Phi) is 3.58. The van der Waals surface area contributed by atoms with Crippen LogP contribution in [0.1, 0.15) is 18.9 Å². The maximum Gasteiger partial charge on any atom is 0.253 e. The topological polar surface area (TPSA) is 62.1 Å². The quantitative estimate of drug-likeness (QED) is 0.871. The first-order valence-electron chi connectivity index (χ1n) is 5.74. The van der Waals surface area contributed by atoms with Gasteiger partial charge in [0.15, 0.2) is 0 Å². The van der Waals surface area contributed by atoms with Crippen molar-refractivity contribution >= 4 is 11.6 Å². The van der Waals surface area contributed by atoms with Crippen molar-refractivity contribution in [3.63, 3.8) is 0 Å². The van der Waals surface area contributed by atoms with Gasteiger partial charge in [0, 0.05) is 6.61 Å². The van der Waals surface area contributed by atoms with Crippen molar-refractivity contribution in [2.45, 2.75) is 19.4 Å². The number of hydrogen-bond acceptors (Lipinski definition) is 3. The number of nitrogens with zero attached hydrogens (tertiary/aromatic N) is 1. The van der Waals surface area contributed by atoms with Gasteiger partial charge in [-0.3, -0.25) is 4.79 Å². The summed E-state index contributed by atoms with van der Waals surface area (Å²) in [6, 6.07) is 5.76. The summed E-state index contributed by atoms with van der Waals surface area (Å²) in [4.78, 5) is 11.9. The van der Waals surface area contributed by atoms with Crippen molar-refractivity contribution in [3.8, 4) is 6.07 Å². The fourth-order valence-electron chi connectivity index (χ4n) is 1.92. The first-order chi connectivity index (χ1) is 8.61. The van der Waals surface area contributed by atoms with Gasteiger partial charge in [-0.2, -0.15) is 5.26 Å². The van der Waals surface area contributed by atoms with E-state index in [1.54, 1.807) is 0 Å². The Hall–Kier alpha value is -1.93. The molecule has 1 aliphatic heterocycles. The number of carbonyl (C=O) groups is 1. The van der Waals surface area contributed by atoms with Crippen LogP contribution in [0.25, 0.3) is 0 Å². The third-order valence-electron chi connectivity index (χ3n) is 3.00. The van der Waals surface area contributed by atoms with E-state index in [-0.39, 0.29) is 23.1 Å². The van der Waals surface area contributed by atoms with Crippen LogP contribution in [0.2, 0.25) is 0 Å². The van der Waals surface area contributed by atoms with Gasteiger partial charge in [0.1, 0.15) is 11.9 Å². The summed E-state index contributed by atoms with van der Waals surface area (Å²) in [7, 11) is 0. The SMILES string of the molecule is CC1CCOC1C(=O)Nc1ccc(C#N)cc1F. The van der Waals surface area contributed by atoms with Crippen molar-refractivity contribution in [1.29, 1.82) is 5.26 Å². The van der Waals surface area contributed by atoms with E-state index in [2.05, 4.69) is 5.32 Å². The lowest BCUT2D eigenvalue weighted by Crippen LogP contribution is -2.31. The molecule has 0 aliphatic carbocycles. The highest BCUT2D eigenvalue weighted by molar-refractivity contribution is 5.94. The molecule has 1 N–H and O–H groups in total. The molecule has 1 aliphatic rings. The molecule has 2 rings (SSSR count). The molecule has 2 atom stereocenters. The highest BCUT2D eigenvalue weighted by Gasteiger charge is 2.31. The molecule has 18 heavy (non-hydrogen) atoms. The standard InChI is InChI=1S/C13H13FN2O2/c1-8-4-5-18-12(8)13(17)16-11-3-2-9(7-15)6-10(11)14/h2-3,6,8,12H,4-5H2,1H3,(H,16,17). The normalized spacial score (nSPS) is 22.5. The third-order valence-corrected chi connectivity index (χ3v) is 3.00. The lowest BCUT2D eigenvalue weighted by molar-refractivity contribution is -0.126. The highest BCUT2D eigenvalue weighted by Crippen LogP contribution is 2.22. The van der Waals surface area contributed by atoms with Crippen LogP contribution in [0, 0.1) is 23.1 Å². The minimum Gasteiger partial charge on any atom is -0.368 e. The Labute approximate surface area is 104 Å². The number of benzene rings is 1. The van der Waals surface area contributed by atoms with E-state index in [9.17, 15) is 9.18 Å². The van der Waals surface area contributed by atoms with E-state index < -0.39 is 11.9 Å². The fourth-order valence-corrected chi connectivity index (χ4v) is 1.92. The molecule has 1 saturated heterocycles. The van der Waals surface area contributed by atoms with Crippen LogP contribution >= 0.6 is 0 Å². The Morgan fingerprint density at radius 1 is 1.61 bits per heavy atom. The van der Waals surface area contributed by atoms with Gasteiger partial charge < -0.3 is 10.1 Å². The molecule has 94 valence electrons. The molecular weight excluding hydrogens is 235 g/mol. The molecule has 4 nitrogen and oxygen atoms in total. The zero-order chi connectivity index (χ0) is 13.1. The molecular formula is C13H13FN2O2. The number of anilines is 1. The molecule has 1 aromatic carbocycles. The summed E-state index contributed by atoms with van der Waals surface area (Å²) in [6.07, 6.45) is 0.300. The molecule has 0 radical (unpaired) electrons. The van der Waals surface area contributed by atoms with Crippen LogP contribution in [0.4, 0.5) is 10.1 Å². The van der Waals surface area contributed by atoms with E-state index in [0.29, 0.717) is 6.61 Å². The van der Waals surface area contributed by atoms with Gasteiger partial charge in [-0.25, -0.2) is 4.39 Å². The maximum absolute atomic E-state index is 13.6. The zero-order valence-electron chi connectivity index (χ0n) is 9.94. The van der Waals surface area contributed by atoms with Crippen LogP contribution in [0.15, 0.2) is 18.2 Å². The maximum atomic E-state index is 13.6. The van der Waals surface area contributed by atoms with Crippen molar-refractivity contribution in [2.75, 3.05) is 11.9 Å². The molecule has 1 amide bonds. The van der Waals surface area contributed by atoms with Gasteiger partial charge in [-0.15, -0.1) is 0 Å². The lowest BCUT2D eigenvalue weighted by Gasteiger charge is -2.14. The highest BCUT2D eigenvalue weighted by atomic mass is 19.1. The fraction of sp³-hybridized carbons (Fsp3) is 0.385. The van der Waals surface area contributed by atoms with Gasteiger partial charge in [-0.05, 0) is 30.5 Å².